The van der Waals surface area contributed by atoms with E-state index in [1.165, 1.54) is 0 Å². The van der Waals surface area contributed by atoms with E-state index in [0.717, 1.165) is 27.3 Å². The standard InChI is InChI=1S/C12H10ClN5S2/c1-8-14-10(6-19-8)7-20-12-15-16-17-18(12)11-4-2-9(13)3-5-11/h2-6H,7H2,1H3. The first-order valence-electron chi connectivity index (χ1n) is 5.80. The van der Waals surface area contributed by atoms with E-state index in [2.05, 4.69) is 25.9 Å². The van der Waals surface area contributed by atoms with Gasteiger partial charge in [0.2, 0.25) is 5.16 Å². The third kappa shape index (κ3) is 3.00. The minimum atomic E-state index is 0.689. The molecule has 0 saturated heterocycles. The average molecular weight is 324 g/mol. The van der Waals surface area contributed by atoms with E-state index in [9.17, 15) is 0 Å². The fourth-order valence-corrected chi connectivity index (χ4v) is 3.25. The first-order chi connectivity index (χ1) is 9.72. The summed E-state index contributed by atoms with van der Waals surface area (Å²) in [5.41, 5.74) is 1.93. The van der Waals surface area contributed by atoms with Crippen LogP contribution in [0.4, 0.5) is 0 Å². The third-order valence-electron chi connectivity index (χ3n) is 2.53. The van der Waals surface area contributed by atoms with Crippen molar-refractivity contribution in [3.8, 4) is 5.69 Å². The van der Waals surface area contributed by atoms with Crippen molar-refractivity contribution in [2.75, 3.05) is 0 Å². The minimum absolute atomic E-state index is 0.689. The second kappa shape index (κ2) is 5.90. The summed E-state index contributed by atoms with van der Waals surface area (Å²) >= 11 is 9.09. The summed E-state index contributed by atoms with van der Waals surface area (Å²) in [4.78, 5) is 4.43. The van der Waals surface area contributed by atoms with Crippen LogP contribution in [-0.4, -0.2) is 25.2 Å². The Hall–Kier alpha value is -1.44. The van der Waals surface area contributed by atoms with Crippen LogP contribution in [0.2, 0.25) is 5.02 Å². The molecule has 0 aliphatic carbocycles. The highest BCUT2D eigenvalue weighted by Gasteiger charge is 2.10. The minimum Gasteiger partial charge on any atom is -0.246 e. The number of rotatable bonds is 4. The molecule has 102 valence electrons. The second-order valence-corrected chi connectivity index (χ2v) is 6.44. The highest BCUT2D eigenvalue weighted by molar-refractivity contribution is 7.98. The molecule has 5 nitrogen and oxygen atoms in total. The van der Waals surface area contributed by atoms with E-state index < -0.39 is 0 Å². The van der Waals surface area contributed by atoms with Crippen LogP contribution in [0.25, 0.3) is 5.69 Å². The smallest absolute Gasteiger partial charge is 0.214 e. The molecular weight excluding hydrogens is 314 g/mol. The summed E-state index contributed by atoms with van der Waals surface area (Å²) in [7, 11) is 0. The number of aromatic nitrogens is 5. The van der Waals surface area contributed by atoms with Crippen LogP contribution in [0, 0.1) is 6.92 Å². The SMILES string of the molecule is Cc1nc(CSc2nnnn2-c2ccc(Cl)cc2)cs1. The van der Waals surface area contributed by atoms with Crippen LogP contribution in [0.15, 0.2) is 34.8 Å². The number of nitrogens with zero attached hydrogens (tertiary/aromatic N) is 5. The van der Waals surface area contributed by atoms with Crippen LogP contribution in [0.5, 0.6) is 0 Å². The molecule has 0 unspecified atom stereocenters. The number of hydrogen-bond donors (Lipinski definition) is 0. The third-order valence-corrected chi connectivity index (χ3v) is 4.56. The van der Waals surface area contributed by atoms with Crippen molar-refractivity contribution in [1.82, 2.24) is 25.2 Å². The first-order valence-corrected chi connectivity index (χ1v) is 8.05. The molecule has 2 heterocycles. The van der Waals surface area contributed by atoms with Gasteiger partial charge in [0.15, 0.2) is 0 Å². The summed E-state index contributed by atoms with van der Waals surface area (Å²) < 4.78 is 1.69. The molecule has 0 bridgehead atoms. The van der Waals surface area contributed by atoms with Gasteiger partial charge in [-0.05, 0) is 41.6 Å². The van der Waals surface area contributed by atoms with Gasteiger partial charge < -0.3 is 0 Å². The van der Waals surface area contributed by atoms with Crippen molar-refractivity contribution < 1.29 is 0 Å². The van der Waals surface area contributed by atoms with Gasteiger partial charge in [0.25, 0.3) is 0 Å². The van der Waals surface area contributed by atoms with E-state index in [1.54, 1.807) is 27.8 Å². The molecule has 3 rings (SSSR count). The molecule has 0 aliphatic rings. The van der Waals surface area contributed by atoms with Gasteiger partial charge in [-0.3, -0.25) is 0 Å². The number of thioether (sulfide) groups is 1. The molecule has 0 fully saturated rings. The van der Waals surface area contributed by atoms with E-state index in [1.807, 2.05) is 31.2 Å². The zero-order valence-electron chi connectivity index (χ0n) is 10.5. The van der Waals surface area contributed by atoms with Gasteiger partial charge in [-0.2, -0.15) is 4.68 Å². The van der Waals surface area contributed by atoms with Crippen LogP contribution >= 0.6 is 34.7 Å². The molecule has 8 heteroatoms. The van der Waals surface area contributed by atoms with Crippen LogP contribution in [-0.2, 0) is 5.75 Å². The number of thiazole rings is 1. The lowest BCUT2D eigenvalue weighted by Crippen LogP contribution is -1.98. The van der Waals surface area contributed by atoms with Crippen molar-refractivity contribution in [3.63, 3.8) is 0 Å². The monoisotopic (exact) mass is 323 g/mol. The molecule has 0 saturated carbocycles. The maximum Gasteiger partial charge on any atom is 0.214 e. The lowest BCUT2D eigenvalue weighted by atomic mass is 10.3. The molecule has 0 spiro atoms. The molecule has 0 amide bonds. The van der Waals surface area contributed by atoms with Crippen molar-refractivity contribution in [2.24, 2.45) is 0 Å². The van der Waals surface area contributed by atoms with Crippen molar-refractivity contribution >= 4 is 34.7 Å². The maximum absolute atomic E-state index is 5.88. The van der Waals surface area contributed by atoms with Gasteiger partial charge in [0.05, 0.1) is 16.4 Å². The Kier molecular flexibility index (Phi) is 4.00. The van der Waals surface area contributed by atoms with Crippen LogP contribution < -0.4 is 0 Å². The molecule has 0 N–H and O–H groups in total. The van der Waals surface area contributed by atoms with E-state index in [-0.39, 0.29) is 0 Å². The molecule has 1 aromatic carbocycles. The maximum atomic E-state index is 5.88. The van der Waals surface area contributed by atoms with Gasteiger partial charge >= 0.3 is 0 Å². The van der Waals surface area contributed by atoms with Crippen molar-refractivity contribution in [1.29, 1.82) is 0 Å². The predicted octanol–water partition coefficient (Wildman–Crippen LogP) is 3.37. The fraction of sp³-hybridized carbons (Fsp3) is 0.167. The largest absolute Gasteiger partial charge is 0.246 e. The quantitative estimate of drug-likeness (QED) is 0.689. The van der Waals surface area contributed by atoms with E-state index in [4.69, 9.17) is 11.6 Å². The Bertz CT molecular complexity index is 707. The normalized spacial score (nSPS) is 10.9. The zero-order valence-corrected chi connectivity index (χ0v) is 12.9. The number of hydrogen-bond acceptors (Lipinski definition) is 6. The van der Waals surface area contributed by atoms with E-state index >= 15 is 0 Å². The Morgan fingerprint density at radius 2 is 2.10 bits per heavy atom. The topological polar surface area (TPSA) is 56.5 Å². The first kappa shape index (κ1) is 13.5. The highest BCUT2D eigenvalue weighted by atomic mass is 35.5. The number of benzene rings is 1. The molecule has 0 aliphatic heterocycles. The van der Waals surface area contributed by atoms with Crippen molar-refractivity contribution in [3.05, 3.63) is 45.4 Å². The molecule has 2 aromatic heterocycles. The van der Waals surface area contributed by atoms with Gasteiger partial charge in [-0.15, -0.1) is 16.4 Å². The summed E-state index contributed by atoms with van der Waals surface area (Å²) in [5, 5.41) is 16.3. The van der Waals surface area contributed by atoms with Crippen LogP contribution in [0.1, 0.15) is 10.7 Å². The summed E-state index contributed by atoms with van der Waals surface area (Å²) in [6, 6.07) is 7.40. The molecule has 0 atom stereocenters. The van der Waals surface area contributed by atoms with E-state index in [0.29, 0.717) is 5.02 Å². The average Bonchev–Trinajstić information content (AvgIpc) is 3.06. The Labute approximate surface area is 129 Å². The summed E-state index contributed by atoms with van der Waals surface area (Å²) in [5.74, 6) is 0.748. The number of aryl methyl sites for hydroxylation is 1. The Balaban J connectivity index is 1.78. The highest BCUT2D eigenvalue weighted by Crippen LogP contribution is 2.23. The van der Waals surface area contributed by atoms with Crippen LogP contribution in [0.3, 0.4) is 0 Å². The van der Waals surface area contributed by atoms with Gasteiger partial charge in [-0.25, -0.2) is 4.98 Å². The molecule has 0 radical (unpaired) electrons. The Morgan fingerprint density at radius 1 is 1.30 bits per heavy atom. The van der Waals surface area contributed by atoms with Gasteiger partial charge in [-0.1, -0.05) is 23.4 Å². The van der Waals surface area contributed by atoms with Gasteiger partial charge in [0, 0.05) is 16.2 Å². The zero-order chi connectivity index (χ0) is 13.9. The van der Waals surface area contributed by atoms with Crippen molar-refractivity contribution in [2.45, 2.75) is 17.8 Å². The molecular formula is C12H10ClN5S2. The fourth-order valence-electron chi connectivity index (χ4n) is 1.63. The summed E-state index contributed by atoms with van der Waals surface area (Å²) in [6.07, 6.45) is 0. The number of halogens is 1. The lowest BCUT2D eigenvalue weighted by Gasteiger charge is -2.03. The molecule has 3 aromatic rings. The Morgan fingerprint density at radius 3 is 2.80 bits per heavy atom. The molecule has 20 heavy (non-hydrogen) atoms. The lowest BCUT2D eigenvalue weighted by molar-refractivity contribution is 0.756. The summed E-state index contributed by atoms with van der Waals surface area (Å²) in [6.45, 7) is 2.00. The number of tetrazole rings is 1. The van der Waals surface area contributed by atoms with Gasteiger partial charge in [0.1, 0.15) is 0 Å². The second-order valence-electron chi connectivity index (χ2n) is 4.00. The predicted molar refractivity (Wildman–Crippen MR) is 80.6 cm³/mol.